The molecule has 0 aromatic heterocycles. The van der Waals surface area contributed by atoms with Gasteiger partial charge in [0, 0.05) is 31.8 Å². The van der Waals surface area contributed by atoms with Crippen LogP contribution in [0.2, 0.25) is 5.04 Å². The molecule has 0 aliphatic heterocycles. The molecule has 0 unspecified atom stereocenters. The van der Waals surface area contributed by atoms with Crippen molar-refractivity contribution in [3.05, 3.63) is 60.7 Å². The fourth-order valence-corrected chi connectivity index (χ4v) is 10.4. The van der Waals surface area contributed by atoms with Crippen LogP contribution < -0.4 is 10.4 Å². The molecule has 2 saturated carbocycles. The molecule has 0 spiro atoms. The summed E-state index contributed by atoms with van der Waals surface area (Å²) in [6, 6.07) is 21.5. The number of carbonyl (C=O) groups is 1. The fraction of sp³-hybridized carbons (Fsp3) is 0.464. The molecule has 3 atom stereocenters. The van der Waals surface area contributed by atoms with Crippen LogP contribution in [0.15, 0.2) is 60.7 Å². The molecule has 2 fully saturated rings. The summed E-state index contributed by atoms with van der Waals surface area (Å²) in [6.07, 6.45) is 4.72. The summed E-state index contributed by atoms with van der Waals surface area (Å²) >= 11 is 0. The van der Waals surface area contributed by atoms with Crippen LogP contribution >= 0.6 is 0 Å². The largest absolute Gasteiger partial charge is 0.406 e. The summed E-state index contributed by atoms with van der Waals surface area (Å²) in [5.41, 5.74) is 0. The van der Waals surface area contributed by atoms with Crippen molar-refractivity contribution in [2.24, 2.45) is 17.8 Å². The van der Waals surface area contributed by atoms with Gasteiger partial charge in [0.2, 0.25) is 0 Å². The van der Waals surface area contributed by atoms with E-state index < -0.39 is 8.32 Å². The standard InChI is InChI=1S/C28H34O2Si/c1-28(2,3)31(23-13-7-4-8-14-23,24-15-9-5-10-16-24)30-20-12-6-11-17-25-22-18-19-26(25)27(29)21-22/h4-5,7-10,13-16,22,25-26H,12,17-21H2,1-3H3/t22-,25+,26-/m0/s1. The van der Waals surface area contributed by atoms with E-state index in [1.807, 2.05) is 0 Å². The summed E-state index contributed by atoms with van der Waals surface area (Å²) in [5.74, 6) is 8.64. The zero-order valence-corrected chi connectivity index (χ0v) is 20.1. The van der Waals surface area contributed by atoms with E-state index in [2.05, 4.69) is 93.3 Å². The number of rotatable bonds is 6. The first-order chi connectivity index (χ1) is 14.9. The predicted octanol–water partition coefficient (Wildman–Crippen LogP) is 4.96. The number of carbonyl (C=O) groups excluding carboxylic acids is 1. The molecule has 3 heteroatoms. The highest BCUT2D eigenvalue weighted by Gasteiger charge is 2.50. The minimum atomic E-state index is -2.47. The van der Waals surface area contributed by atoms with Crippen molar-refractivity contribution in [3.8, 4) is 11.8 Å². The molecule has 31 heavy (non-hydrogen) atoms. The Labute approximate surface area is 188 Å². The number of hydrogen-bond acceptors (Lipinski definition) is 2. The van der Waals surface area contributed by atoms with E-state index in [0.29, 0.717) is 30.1 Å². The molecule has 2 aliphatic carbocycles. The van der Waals surface area contributed by atoms with Gasteiger partial charge in [0.1, 0.15) is 5.78 Å². The Bertz CT molecular complexity index is 910. The lowest BCUT2D eigenvalue weighted by Gasteiger charge is -2.43. The lowest BCUT2D eigenvalue weighted by molar-refractivity contribution is -0.122. The SMILES string of the molecule is CC(C)(C)[Si](OCCC#CC[C@@H]1[C@H]2CC[C@@H]1C(=O)C2)(c1ccccc1)c1ccccc1. The van der Waals surface area contributed by atoms with E-state index >= 15 is 0 Å². The Balaban J connectivity index is 1.48. The van der Waals surface area contributed by atoms with Gasteiger partial charge < -0.3 is 4.43 Å². The molecule has 2 nitrogen and oxygen atoms in total. The van der Waals surface area contributed by atoms with Crippen LogP contribution in [-0.2, 0) is 9.22 Å². The lowest BCUT2D eigenvalue weighted by atomic mass is 9.94. The summed E-state index contributed by atoms with van der Waals surface area (Å²) < 4.78 is 6.89. The van der Waals surface area contributed by atoms with E-state index in [1.165, 1.54) is 16.8 Å². The molecule has 0 radical (unpaired) electrons. The summed E-state index contributed by atoms with van der Waals surface area (Å²) in [5, 5.41) is 2.61. The van der Waals surface area contributed by atoms with Crippen LogP contribution in [0.4, 0.5) is 0 Å². The Kier molecular flexibility index (Phi) is 6.51. The number of fused-ring (bicyclic) bond motifs is 2. The Morgan fingerprint density at radius 3 is 2.03 bits per heavy atom. The average Bonchev–Trinajstić information content (AvgIpc) is 3.29. The molecule has 2 bridgehead atoms. The highest BCUT2D eigenvalue weighted by Crippen LogP contribution is 2.48. The van der Waals surface area contributed by atoms with E-state index in [4.69, 9.17) is 4.43 Å². The second-order valence-corrected chi connectivity index (χ2v) is 14.4. The van der Waals surface area contributed by atoms with Gasteiger partial charge in [0.05, 0.1) is 0 Å². The third-order valence-corrected chi connectivity index (χ3v) is 12.3. The van der Waals surface area contributed by atoms with Crippen LogP contribution in [0.25, 0.3) is 0 Å². The van der Waals surface area contributed by atoms with Crippen molar-refractivity contribution < 1.29 is 9.22 Å². The maximum atomic E-state index is 12.0. The Morgan fingerprint density at radius 1 is 0.935 bits per heavy atom. The summed E-state index contributed by atoms with van der Waals surface area (Å²) in [4.78, 5) is 12.0. The normalized spacial score (nSPS) is 22.9. The molecule has 4 rings (SSSR count). The minimum absolute atomic E-state index is 0.00740. The molecular weight excluding hydrogens is 396 g/mol. The maximum absolute atomic E-state index is 12.0. The van der Waals surface area contributed by atoms with Crippen molar-refractivity contribution in [3.63, 3.8) is 0 Å². The molecule has 0 amide bonds. The van der Waals surface area contributed by atoms with Crippen LogP contribution in [0.1, 0.15) is 52.9 Å². The molecule has 0 heterocycles. The average molecular weight is 431 g/mol. The van der Waals surface area contributed by atoms with Gasteiger partial charge in [-0.15, -0.1) is 11.8 Å². The van der Waals surface area contributed by atoms with Gasteiger partial charge in [-0.05, 0) is 40.1 Å². The minimum Gasteiger partial charge on any atom is -0.406 e. The summed E-state index contributed by atoms with van der Waals surface area (Å²) in [6.45, 7) is 7.55. The van der Waals surface area contributed by atoms with Gasteiger partial charge in [-0.3, -0.25) is 4.79 Å². The zero-order valence-electron chi connectivity index (χ0n) is 19.1. The van der Waals surface area contributed by atoms with E-state index in [9.17, 15) is 4.79 Å². The molecule has 0 saturated heterocycles. The van der Waals surface area contributed by atoms with Crippen molar-refractivity contribution in [1.29, 1.82) is 0 Å². The molecule has 0 N–H and O–H groups in total. The third-order valence-electron chi connectivity index (χ3n) is 7.27. The van der Waals surface area contributed by atoms with Gasteiger partial charge in [0.15, 0.2) is 0 Å². The van der Waals surface area contributed by atoms with Crippen molar-refractivity contribution in [2.75, 3.05) is 6.61 Å². The smallest absolute Gasteiger partial charge is 0.261 e. The zero-order chi connectivity index (χ0) is 21.9. The van der Waals surface area contributed by atoms with Crippen LogP contribution in [-0.4, -0.2) is 20.7 Å². The summed E-state index contributed by atoms with van der Waals surface area (Å²) in [7, 11) is -2.47. The number of ketones is 1. The fourth-order valence-electron chi connectivity index (χ4n) is 5.82. The molecule has 162 valence electrons. The van der Waals surface area contributed by atoms with Gasteiger partial charge in [0.25, 0.3) is 8.32 Å². The number of hydrogen-bond donors (Lipinski definition) is 0. The quantitative estimate of drug-likeness (QED) is 0.368. The first kappa shape index (κ1) is 22.1. The van der Waals surface area contributed by atoms with Gasteiger partial charge in [-0.1, -0.05) is 81.4 Å². The van der Waals surface area contributed by atoms with Crippen molar-refractivity contribution in [1.82, 2.24) is 0 Å². The molecular formula is C28H34O2Si. The Hall–Kier alpha value is -2.15. The van der Waals surface area contributed by atoms with Gasteiger partial charge >= 0.3 is 0 Å². The molecule has 2 aromatic rings. The predicted molar refractivity (Wildman–Crippen MR) is 130 cm³/mol. The van der Waals surface area contributed by atoms with E-state index in [0.717, 1.165) is 25.7 Å². The van der Waals surface area contributed by atoms with Gasteiger partial charge in [-0.2, -0.15) is 0 Å². The number of benzene rings is 2. The second kappa shape index (κ2) is 9.15. The molecule has 2 aliphatic rings. The second-order valence-electron chi connectivity index (χ2n) is 10.1. The van der Waals surface area contributed by atoms with E-state index in [1.54, 1.807) is 0 Å². The monoisotopic (exact) mass is 430 g/mol. The maximum Gasteiger partial charge on any atom is 0.261 e. The number of Topliss-reactive ketones (excluding diaryl/α,β-unsaturated/α-hetero) is 1. The van der Waals surface area contributed by atoms with Crippen molar-refractivity contribution >= 4 is 24.5 Å². The third kappa shape index (κ3) is 4.29. The highest BCUT2D eigenvalue weighted by molar-refractivity contribution is 6.99. The van der Waals surface area contributed by atoms with Crippen LogP contribution in [0.3, 0.4) is 0 Å². The van der Waals surface area contributed by atoms with E-state index in [-0.39, 0.29) is 5.04 Å². The van der Waals surface area contributed by atoms with Gasteiger partial charge in [-0.25, -0.2) is 0 Å². The Morgan fingerprint density at radius 2 is 1.55 bits per heavy atom. The van der Waals surface area contributed by atoms with Crippen LogP contribution in [0.5, 0.6) is 0 Å². The van der Waals surface area contributed by atoms with Crippen LogP contribution in [0, 0.1) is 29.6 Å². The first-order valence-corrected chi connectivity index (χ1v) is 13.6. The lowest BCUT2D eigenvalue weighted by Crippen LogP contribution is -2.66. The first-order valence-electron chi connectivity index (χ1n) is 11.7. The van der Waals surface area contributed by atoms with Crippen molar-refractivity contribution in [2.45, 2.75) is 57.9 Å². The highest BCUT2D eigenvalue weighted by atomic mass is 28.4. The molecule has 2 aromatic carbocycles. The topological polar surface area (TPSA) is 26.3 Å².